The second kappa shape index (κ2) is 6.70. The van der Waals surface area contributed by atoms with Gasteiger partial charge < -0.3 is 14.2 Å². The van der Waals surface area contributed by atoms with Crippen LogP contribution in [0.2, 0.25) is 0 Å². The van der Waals surface area contributed by atoms with Gasteiger partial charge in [0.1, 0.15) is 0 Å². The first-order chi connectivity index (χ1) is 11.4. The molecule has 9 nitrogen and oxygen atoms in total. The molecule has 0 N–H and O–H groups in total. The highest BCUT2D eigenvalue weighted by Crippen LogP contribution is 2.47. The van der Waals surface area contributed by atoms with Crippen LogP contribution in [0.3, 0.4) is 0 Å². The highest BCUT2D eigenvalue weighted by molar-refractivity contribution is 6.22. The summed E-state index contributed by atoms with van der Waals surface area (Å²) in [6.07, 6.45) is 0.170. The van der Waals surface area contributed by atoms with Gasteiger partial charge in [0.2, 0.25) is 5.54 Å². The number of methoxy groups -OCH3 is 2. The molecule has 132 valence electrons. The molecule has 1 saturated heterocycles. The number of nitrogens with zero attached hydrogens (tertiary/aromatic N) is 1. The van der Waals surface area contributed by atoms with E-state index in [0.29, 0.717) is 0 Å². The van der Waals surface area contributed by atoms with Crippen LogP contribution in [-0.2, 0) is 38.2 Å². The Morgan fingerprint density at radius 2 is 1.79 bits per heavy atom. The predicted octanol–water partition coefficient (Wildman–Crippen LogP) is -0.461. The Labute approximate surface area is 138 Å². The highest BCUT2D eigenvalue weighted by Gasteiger charge is 2.69. The van der Waals surface area contributed by atoms with Gasteiger partial charge >= 0.3 is 17.9 Å². The molecule has 0 radical (unpaired) electrons. The van der Waals surface area contributed by atoms with Crippen LogP contribution >= 0.6 is 0 Å². The average molecular weight is 341 g/mol. The molecular formula is C15H19NO8. The van der Waals surface area contributed by atoms with Crippen molar-refractivity contribution in [3.05, 3.63) is 11.1 Å². The van der Waals surface area contributed by atoms with E-state index in [2.05, 4.69) is 0 Å². The van der Waals surface area contributed by atoms with Crippen molar-refractivity contribution in [3.63, 3.8) is 0 Å². The molecule has 2 aliphatic rings. The molecule has 2 heterocycles. The molecule has 0 aromatic heterocycles. The molecule has 2 atom stereocenters. The normalized spacial score (nSPS) is 26.3. The van der Waals surface area contributed by atoms with Gasteiger partial charge in [-0.25, -0.2) is 14.4 Å². The highest BCUT2D eigenvalue weighted by atomic mass is 16.7. The number of rotatable bonds is 5. The van der Waals surface area contributed by atoms with Crippen molar-refractivity contribution < 1.29 is 38.2 Å². The lowest BCUT2D eigenvalue weighted by Crippen LogP contribution is -2.64. The van der Waals surface area contributed by atoms with E-state index in [1.807, 2.05) is 0 Å². The van der Waals surface area contributed by atoms with Gasteiger partial charge in [-0.05, 0) is 13.3 Å². The molecule has 0 spiro atoms. The van der Waals surface area contributed by atoms with Gasteiger partial charge in [-0.3, -0.25) is 9.63 Å². The van der Waals surface area contributed by atoms with E-state index < -0.39 is 40.8 Å². The smallest absolute Gasteiger partial charge is 0.341 e. The number of fused-ring (bicyclic) bond motifs is 2. The van der Waals surface area contributed by atoms with E-state index in [-0.39, 0.29) is 25.0 Å². The number of esters is 3. The predicted molar refractivity (Wildman–Crippen MR) is 77.3 cm³/mol. The van der Waals surface area contributed by atoms with Crippen LogP contribution in [0.15, 0.2) is 11.1 Å². The molecule has 2 rings (SSSR count). The van der Waals surface area contributed by atoms with Gasteiger partial charge in [-0.1, -0.05) is 0 Å². The Balaban J connectivity index is 2.81. The summed E-state index contributed by atoms with van der Waals surface area (Å²) in [5.74, 6) is -3.40. The van der Waals surface area contributed by atoms with Gasteiger partial charge in [0.05, 0.1) is 45.1 Å². The minimum atomic E-state index is -2.16. The second-order valence-corrected chi connectivity index (χ2v) is 5.19. The number of hydroxylamine groups is 2. The summed E-state index contributed by atoms with van der Waals surface area (Å²) in [4.78, 5) is 55.3. The molecular weight excluding hydrogens is 322 g/mol. The van der Waals surface area contributed by atoms with Crippen molar-refractivity contribution in [2.45, 2.75) is 31.3 Å². The number of carbonyl (C=O) groups is 4. The average Bonchev–Trinajstić information content (AvgIpc) is 2.81. The van der Waals surface area contributed by atoms with E-state index in [1.54, 1.807) is 6.92 Å². The standard InChI is InChI=1S/C15H19NO8/c1-5-24-14(20)15-9(17)7-6-8(16(15)23-4)10(12(18)21-2)11(15)13(19)22-3/h8H,5-7H2,1-4H3/t8-,15+/m1/s1. The summed E-state index contributed by atoms with van der Waals surface area (Å²) in [5.41, 5.74) is -2.68. The van der Waals surface area contributed by atoms with E-state index in [0.717, 1.165) is 19.3 Å². The molecule has 24 heavy (non-hydrogen) atoms. The first-order valence-electron chi connectivity index (χ1n) is 7.36. The van der Waals surface area contributed by atoms with Gasteiger partial charge in [0, 0.05) is 6.42 Å². The number of ketones is 1. The maximum Gasteiger partial charge on any atom is 0.341 e. The summed E-state index contributed by atoms with van der Waals surface area (Å²) in [6, 6.07) is -0.793. The van der Waals surface area contributed by atoms with Crippen LogP contribution in [0, 0.1) is 0 Å². The number of carbonyl (C=O) groups excluding carboxylic acids is 4. The Morgan fingerprint density at radius 3 is 2.29 bits per heavy atom. The fourth-order valence-electron chi connectivity index (χ4n) is 3.31. The maximum absolute atomic E-state index is 12.7. The molecule has 0 unspecified atom stereocenters. The minimum Gasteiger partial charge on any atom is -0.466 e. The van der Waals surface area contributed by atoms with Crippen LogP contribution in [0.1, 0.15) is 19.8 Å². The van der Waals surface area contributed by atoms with Crippen molar-refractivity contribution in [3.8, 4) is 0 Å². The lowest BCUT2D eigenvalue weighted by molar-refractivity contribution is -0.222. The third kappa shape index (κ3) is 2.23. The molecule has 0 amide bonds. The number of piperidine rings is 1. The van der Waals surface area contributed by atoms with Gasteiger partial charge in [0.15, 0.2) is 5.78 Å². The van der Waals surface area contributed by atoms with Crippen LogP contribution < -0.4 is 0 Å². The quantitative estimate of drug-likeness (QED) is 0.373. The van der Waals surface area contributed by atoms with Gasteiger partial charge in [0.25, 0.3) is 0 Å². The maximum atomic E-state index is 12.7. The molecule has 2 bridgehead atoms. The topological polar surface area (TPSA) is 108 Å². The van der Waals surface area contributed by atoms with Crippen LogP contribution in [0.5, 0.6) is 0 Å². The molecule has 0 saturated carbocycles. The molecule has 1 fully saturated rings. The zero-order chi connectivity index (χ0) is 18.1. The summed E-state index contributed by atoms with van der Waals surface area (Å²) in [5, 5.41) is 1.04. The zero-order valence-electron chi connectivity index (χ0n) is 13.9. The largest absolute Gasteiger partial charge is 0.466 e. The molecule has 0 aliphatic carbocycles. The lowest BCUT2D eigenvalue weighted by atomic mass is 9.83. The van der Waals surface area contributed by atoms with Crippen molar-refractivity contribution in [2.75, 3.05) is 27.9 Å². The fraction of sp³-hybridized carbons (Fsp3) is 0.600. The van der Waals surface area contributed by atoms with Gasteiger partial charge in [-0.15, -0.1) is 0 Å². The summed E-state index contributed by atoms with van der Waals surface area (Å²) < 4.78 is 14.5. The second-order valence-electron chi connectivity index (χ2n) is 5.19. The van der Waals surface area contributed by atoms with E-state index in [4.69, 9.17) is 19.0 Å². The Hall–Kier alpha value is -2.26. The lowest BCUT2D eigenvalue weighted by Gasteiger charge is -2.40. The number of Topliss-reactive ketones (excluding diaryl/α,β-unsaturated/α-hetero) is 1. The van der Waals surface area contributed by atoms with E-state index >= 15 is 0 Å². The molecule has 0 aromatic carbocycles. The number of hydrogen-bond acceptors (Lipinski definition) is 9. The Morgan fingerprint density at radius 1 is 1.17 bits per heavy atom. The summed E-state index contributed by atoms with van der Waals surface area (Å²) in [7, 11) is 3.48. The van der Waals surface area contributed by atoms with Crippen molar-refractivity contribution in [1.82, 2.24) is 5.06 Å². The minimum absolute atomic E-state index is 0.0158. The molecule has 2 aliphatic heterocycles. The van der Waals surface area contributed by atoms with E-state index in [1.165, 1.54) is 7.11 Å². The van der Waals surface area contributed by atoms with Crippen molar-refractivity contribution in [1.29, 1.82) is 0 Å². The summed E-state index contributed by atoms with van der Waals surface area (Å²) in [6.45, 7) is 1.55. The first-order valence-corrected chi connectivity index (χ1v) is 7.36. The Kier molecular flexibility index (Phi) is 5.05. The van der Waals surface area contributed by atoms with Crippen LogP contribution in [0.25, 0.3) is 0 Å². The third-order valence-corrected chi connectivity index (χ3v) is 4.19. The molecule has 0 aromatic rings. The zero-order valence-corrected chi connectivity index (χ0v) is 13.9. The van der Waals surface area contributed by atoms with E-state index in [9.17, 15) is 19.2 Å². The van der Waals surface area contributed by atoms with Gasteiger partial charge in [-0.2, -0.15) is 5.06 Å². The van der Waals surface area contributed by atoms with Crippen LogP contribution in [-0.4, -0.2) is 68.3 Å². The van der Waals surface area contributed by atoms with Crippen molar-refractivity contribution in [2.24, 2.45) is 0 Å². The van der Waals surface area contributed by atoms with Crippen molar-refractivity contribution >= 4 is 23.7 Å². The number of hydrogen-bond donors (Lipinski definition) is 0. The van der Waals surface area contributed by atoms with Crippen LogP contribution in [0.4, 0.5) is 0 Å². The first kappa shape index (κ1) is 18.1. The monoisotopic (exact) mass is 341 g/mol. The SMILES string of the molecule is CCOC(=O)[C@]12C(=O)CC[C@H](C(C(=O)OC)=C1C(=O)OC)N2OC. The fourth-order valence-corrected chi connectivity index (χ4v) is 3.31. The number of ether oxygens (including phenoxy) is 3. The molecule has 9 heteroatoms. The summed E-state index contributed by atoms with van der Waals surface area (Å²) >= 11 is 0. The third-order valence-electron chi connectivity index (χ3n) is 4.19. The Bertz CT molecular complexity index is 625.